The smallest absolute Gasteiger partial charge is 0.492 e. The van der Waals surface area contributed by atoms with Crippen molar-refractivity contribution in [1.82, 2.24) is 10.6 Å². The molecule has 0 amide bonds. The quantitative estimate of drug-likeness (QED) is 0.148. The van der Waals surface area contributed by atoms with Crippen LogP contribution in [0, 0.1) is 0 Å². The molecule has 14 heteroatoms. The average Bonchev–Trinajstić information content (AvgIpc) is 3.04. The number of unbranched alkanes of at least 4 members (excludes halogenated alkanes) is 1. The zero-order chi connectivity index (χ0) is 31.9. The maximum absolute atomic E-state index is 12.3. The third-order valence-electron chi connectivity index (χ3n) is 7.59. The van der Waals surface area contributed by atoms with Crippen molar-refractivity contribution in [2.75, 3.05) is 31.7 Å². The second kappa shape index (κ2) is 14.6. The standard InChI is InChI=1S/C29H41F3N2O7S2/c1-4-6-14-28(5-2)20-42(36,37)25-18-22(13-10-15-33-16-17-43(38,39)41-27(35)29(30,31)32)24(40-3)19-23(25)26(34-28)21-11-8-7-9-12-21/h7-9,11-12,18-19,26,33-34,36-37H,4-6,10,13-17,20H2,1-3H3/t26-,28-/m1/s1. The van der Waals surface area contributed by atoms with Gasteiger partial charge in [0.2, 0.25) is 0 Å². The van der Waals surface area contributed by atoms with Crippen LogP contribution in [0.4, 0.5) is 13.2 Å². The Morgan fingerprint density at radius 3 is 2.44 bits per heavy atom. The Bertz CT molecular complexity index is 1340. The third kappa shape index (κ3) is 9.32. The van der Waals surface area contributed by atoms with E-state index in [2.05, 4.69) is 28.7 Å². The molecule has 0 aliphatic carbocycles. The lowest BCUT2D eigenvalue weighted by Crippen LogP contribution is -2.49. The number of fused-ring (bicyclic) bond motifs is 1. The van der Waals surface area contributed by atoms with E-state index in [-0.39, 0.29) is 18.3 Å². The molecule has 43 heavy (non-hydrogen) atoms. The first-order valence-corrected chi connectivity index (χ1v) is 17.5. The Hall–Kier alpha value is -2.36. The lowest BCUT2D eigenvalue weighted by molar-refractivity contribution is -0.189. The number of ether oxygens (including phenoxy) is 1. The summed E-state index contributed by atoms with van der Waals surface area (Å²) in [6.45, 7) is 4.23. The van der Waals surface area contributed by atoms with Crippen LogP contribution in [0.1, 0.15) is 68.7 Å². The van der Waals surface area contributed by atoms with Gasteiger partial charge in [0.1, 0.15) is 5.75 Å². The summed E-state index contributed by atoms with van der Waals surface area (Å²) in [7, 11) is -6.38. The zero-order valence-electron chi connectivity index (χ0n) is 24.6. The van der Waals surface area contributed by atoms with E-state index in [1.807, 2.05) is 36.4 Å². The Labute approximate surface area is 253 Å². The van der Waals surface area contributed by atoms with Crippen LogP contribution < -0.4 is 15.4 Å². The summed E-state index contributed by atoms with van der Waals surface area (Å²) in [6.07, 6.45) is -1.08. The minimum absolute atomic E-state index is 0.174. The first-order valence-electron chi connectivity index (χ1n) is 14.2. The first kappa shape index (κ1) is 35.1. The average molecular weight is 651 g/mol. The highest BCUT2D eigenvalue weighted by Crippen LogP contribution is 2.58. The number of hydrogen-bond donors (Lipinski definition) is 4. The molecule has 3 rings (SSSR count). The highest BCUT2D eigenvalue weighted by Gasteiger charge is 2.44. The summed E-state index contributed by atoms with van der Waals surface area (Å²) in [5.41, 5.74) is 1.96. The largest absolute Gasteiger partial charge is 0.496 e. The van der Waals surface area contributed by atoms with Gasteiger partial charge in [-0.05, 0) is 55.5 Å². The monoisotopic (exact) mass is 650 g/mol. The molecular formula is C29H41F3N2O7S2. The lowest BCUT2D eigenvalue weighted by Gasteiger charge is -2.42. The molecule has 0 unspecified atom stereocenters. The predicted octanol–water partition coefficient (Wildman–Crippen LogP) is 5.79. The van der Waals surface area contributed by atoms with E-state index in [1.54, 1.807) is 6.07 Å². The molecule has 1 aliphatic rings. The second-order valence-corrected chi connectivity index (χ2v) is 14.5. The number of aryl methyl sites for hydroxylation is 1. The van der Waals surface area contributed by atoms with Crippen LogP contribution in [0.15, 0.2) is 47.4 Å². The van der Waals surface area contributed by atoms with Crippen molar-refractivity contribution in [3.8, 4) is 5.75 Å². The molecule has 4 N–H and O–H groups in total. The van der Waals surface area contributed by atoms with Crippen molar-refractivity contribution in [3.63, 3.8) is 0 Å². The summed E-state index contributed by atoms with van der Waals surface area (Å²) in [4.78, 5) is 11.3. The van der Waals surface area contributed by atoms with Crippen molar-refractivity contribution in [2.45, 2.75) is 75.0 Å². The van der Waals surface area contributed by atoms with Gasteiger partial charge in [0.05, 0.1) is 29.6 Å². The maximum atomic E-state index is 12.3. The van der Waals surface area contributed by atoms with Gasteiger partial charge < -0.3 is 14.2 Å². The van der Waals surface area contributed by atoms with Crippen molar-refractivity contribution >= 4 is 26.7 Å². The van der Waals surface area contributed by atoms with Gasteiger partial charge in [-0.25, -0.2) is 4.79 Å². The molecule has 1 aliphatic heterocycles. The predicted molar refractivity (Wildman–Crippen MR) is 160 cm³/mol. The topological polar surface area (TPSA) is 134 Å². The first-order chi connectivity index (χ1) is 20.2. The fraction of sp³-hybridized carbons (Fsp3) is 0.552. The molecule has 9 nitrogen and oxygen atoms in total. The molecule has 0 radical (unpaired) electrons. The molecule has 242 valence electrons. The number of nitrogens with one attached hydrogen (secondary N) is 2. The maximum Gasteiger partial charge on any atom is 0.492 e. The normalized spacial score (nSPS) is 21.0. The van der Waals surface area contributed by atoms with E-state index >= 15 is 0 Å². The number of hydrogen-bond acceptors (Lipinski definition) is 9. The van der Waals surface area contributed by atoms with E-state index in [9.17, 15) is 35.5 Å². The molecule has 0 fully saturated rings. The van der Waals surface area contributed by atoms with Crippen LogP contribution >= 0.6 is 10.6 Å². The van der Waals surface area contributed by atoms with Crippen molar-refractivity contribution < 1.29 is 44.4 Å². The Morgan fingerprint density at radius 1 is 1.14 bits per heavy atom. The minimum atomic E-state index is -5.40. The van der Waals surface area contributed by atoms with E-state index in [0.29, 0.717) is 36.5 Å². The molecule has 0 saturated carbocycles. The van der Waals surface area contributed by atoms with Gasteiger partial charge in [-0.3, -0.25) is 14.4 Å². The molecule has 0 saturated heterocycles. The van der Waals surface area contributed by atoms with Crippen LogP contribution in [-0.4, -0.2) is 66.9 Å². The molecule has 1 heterocycles. The number of carbonyl (C=O) groups is 1. The number of halogens is 3. The van der Waals surface area contributed by atoms with Gasteiger partial charge in [-0.15, -0.1) is 0 Å². The van der Waals surface area contributed by atoms with Crippen molar-refractivity contribution in [1.29, 1.82) is 0 Å². The van der Waals surface area contributed by atoms with Gasteiger partial charge in [-0.2, -0.15) is 32.2 Å². The van der Waals surface area contributed by atoms with Gasteiger partial charge in [-0.1, -0.05) is 57.0 Å². The fourth-order valence-corrected chi connectivity index (χ4v) is 8.33. The SMILES string of the molecule is CCCC[C@]1(CC)CS(O)(O)c2cc(CCCNCCS(=O)(=O)OC(=O)C(F)(F)F)c(OC)cc2[C@@H](c2ccccc2)N1. The summed E-state index contributed by atoms with van der Waals surface area (Å²) in [6, 6.07) is 13.2. The van der Waals surface area contributed by atoms with E-state index in [0.717, 1.165) is 36.0 Å². The Morgan fingerprint density at radius 2 is 1.84 bits per heavy atom. The zero-order valence-corrected chi connectivity index (χ0v) is 26.2. The van der Waals surface area contributed by atoms with Crippen molar-refractivity contribution in [3.05, 3.63) is 59.2 Å². The summed E-state index contributed by atoms with van der Waals surface area (Å²) in [5.74, 6) is -2.85. The van der Waals surface area contributed by atoms with Crippen LogP contribution in [0.2, 0.25) is 0 Å². The lowest BCUT2D eigenvalue weighted by atomic mass is 9.87. The van der Waals surface area contributed by atoms with Crippen LogP contribution in [0.5, 0.6) is 5.75 Å². The molecule has 0 bridgehead atoms. The summed E-state index contributed by atoms with van der Waals surface area (Å²) < 4.78 is 92.7. The highest BCUT2D eigenvalue weighted by atomic mass is 32.3. The third-order valence-corrected chi connectivity index (χ3v) is 10.7. The molecule has 2 aromatic carbocycles. The molecule has 0 spiro atoms. The number of methoxy groups -OCH3 is 1. The number of alkyl halides is 3. The number of rotatable bonds is 14. The highest BCUT2D eigenvalue weighted by molar-refractivity contribution is 8.24. The van der Waals surface area contributed by atoms with Gasteiger partial charge in [0, 0.05) is 17.6 Å². The van der Waals surface area contributed by atoms with Gasteiger partial charge in [0.25, 0.3) is 0 Å². The summed E-state index contributed by atoms with van der Waals surface area (Å²) >= 11 is 0. The van der Waals surface area contributed by atoms with Gasteiger partial charge in [0.15, 0.2) is 0 Å². The number of carbonyl (C=O) groups excluding carboxylic acids is 1. The summed E-state index contributed by atoms with van der Waals surface area (Å²) in [5, 5.41) is 6.62. The molecule has 0 aromatic heterocycles. The van der Waals surface area contributed by atoms with E-state index < -0.39 is 44.1 Å². The molecule has 2 atom stereocenters. The van der Waals surface area contributed by atoms with Crippen LogP contribution in [0.25, 0.3) is 0 Å². The molecule has 2 aromatic rings. The Balaban J connectivity index is 1.80. The molecular weight excluding hydrogens is 609 g/mol. The van der Waals surface area contributed by atoms with E-state index in [1.165, 1.54) is 7.11 Å². The second-order valence-electron chi connectivity index (χ2n) is 10.7. The van der Waals surface area contributed by atoms with Crippen molar-refractivity contribution in [2.24, 2.45) is 0 Å². The Kier molecular flexibility index (Phi) is 11.9. The van der Waals surface area contributed by atoms with Crippen LogP contribution in [0.3, 0.4) is 0 Å². The van der Waals surface area contributed by atoms with Gasteiger partial charge >= 0.3 is 22.3 Å². The van der Waals surface area contributed by atoms with E-state index in [4.69, 9.17) is 4.74 Å². The fourth-order valence-electron chi connectivity index (χ4n) is 5.28. The van der Waals surface area contributed by atoms with Crippen LogP contribution in [-0.2, 0) is 25.5 Å². The minimum Gasteiger partial charge on any atom is -0.496 e. The number of benzene rings is 2.